The molecule has 0 bridgehead atoms. The first-order chi connectivity index (χ1) is 8.95. The van der Waals surface area contributed by atoms with Crippen LogP contribution < -0.4 is 5.32 Å². The number of benzene rings is 1. The molecule has 0 saturated carbocycles. The molecule has 0 spiro atoms. The molecule has 1 unspecified atom stereocenters. The molecule has 0 aliphatic heterocycles. The summed E-state index contributed by atoms with van der Waals surface area (Å²) in [6.45, 7) is 9.68. The average molecular weight is 263 g/mol. The zero-order valence-electron chi connectivity index (χ0n) is 12.4. The fraction of sp³-hybridized carbons (Fsp3) is 0.562. The Morgan fingerprint density at radius 2 is 1.84 bits per heavy atom. The highest BCUT2D eigenvalue weighted by molar-refractivity contribution is 5.70. The first kappa shape index (κ1) is 15.7. The van der Waals surface area contributed by atoms with Gasteiger partial charge in [-0.2, -0.15) is 0 Å². The molecule has 3 heteroatoms. The Balaban J connectivity index is 2.45. The molecule has 3 nitrogen and oxygen atoms in total. The normalized spacial score (nSPS) is 12.4. The van der Waals surface area contributed by atoms with E-state index in [9.17, 15) is 4.79 Å². The maximum Gasteiger partial charge on any atom is 0.307 e. The number of hydrogen-bond acceptors (Lipinski definition) is 2. The van der Waals surface area contributed by atoms with E-state index in [1.807, 2.05) is 6.92 Å². The quantitative estimate of drug-likeness (QED) is 0.744. The molecular weight excluding hydrogens is 238 g/mol. The van der Waals surface area contributed by atoms with E-state index in [4.69, 9.17) is 5.11 Å². The maximum absolute atomic E-state index is 10.9. The van der Waals surface area contributed by atoms with Crippen molar-refractivity contribution in [3.63, 3.8) is 0 Å². The van der Waals surface area contributed by atoms with E-state index in [1.165, 1.54) is 22.3 Å². The number of hydrogen-bond donors (Lipinski definition) is 2. The number of carboxylic acids is 1. The van der Waals surface area contributed by atoms with E-state index in [1.54, 1.807) is 0 Å². The van der Waals surface area contributed by atoms with Gasteiger partial charge in [0.05, 0.1) is 5.92 Å². The Hall–Kier alpha value is -1.35. The van der Waals surface area contributed by atoms with Crippen LogP contribution in [0.2, 0.25) is 0 Å². The molecule has 1 atom stereocenters. The largest absolute Gasteiger partial charge is 0.481 e. The fourth-order valence-electron chi connectivity index (χ4n) is 2.20. The molecule has 2 N–H and O–H groups in total. The standard InChI is InChI=1S/C16H25NO2/c1-5-14(16(18)19)10-17-7-6-15-9-12(3)11(2)8-13(15)4/h8-9,14,17H,5-7,10H2,1-4H3,(H,18,19). The van der Waals surface area contributed by atoms with Gasteiger partial charge in [0.2, 0.25) is 0 Å². The van der Waals surface area contributed by atoms with Crippen molar-refractivity contribution in [1.29, 1.82) is 0 Å². The minimum atomic E-state index is -0.711. The highest BCUT2D eigenvalue weighted by Crippen LogP contribution is 2.15. The number of carboxylic acid groups (broad SMARTS) is 1. The van der Waals surface area contributed by atoms with Crippen LogP contribution in [0.4, 0.5) is 0 Å². The van der Waals surface area contributed by atoms with Gasteiger partial charge in [0, 0.05) is 6.54 Å². The fourth-order valence-corrected chi connectivity index (χ4v) is 2.20. The SMILES string of the molecule is CCC(CNCCc1cc(C)c(C)cc1C)C(=O)O. The van der Waals surface area contributed by atoms with Crippen LogP contribution >= 0.6 is 0 Å². The lowest BCUT2D eigenvalue weighted by atomic mass is 9.99. The molecule has 0 aliphatic carbocycles. The summed E-state index contributed by atoms with van der Waals surface area (Å²) in [7, 11) is 0. The van der Waals surface area contributed by atoms with Gasteiger partial charge in [0.1, 0.15) is 0 Å². The molecule has 0 fully saturated rings. The molecule has 0 aliphatic rings. The Morgan fingerprint density at radius 3 is 2.42 bits per heavy atom. The lowest BCUT2D eigenvalue weighted by molar-refractivity contribution is -0.141. The summed E-state index contributed by atoms with van der Waals surface area (Å²) in [4.78, 5) is 10.9. The number of aliphatic carboxylic acids is 1. The van der Waals surface area contributed by atoms with Crippen LogP contribution in [0.1, 0.15) is 35.6 Å². The molecule has 0 radical (unpaired) electrons. The van der Waals surface area contributed by atoms with Crippen molar-refractivity contribution in [3.8, 4) is 0 Å². The molecule has 1 aromatic carbocycles. The van der Waals surface area contributed by atoms with Gasteiger partial charge in [-0.3, -0.25) is 4.79 Å². The third kappa shape index (κ3) is 4.67. The third-order valence-corrected chi connectivity index (χ3v) is 3.76. The second-order valence-corrected chi connectivity index (χ2v) is 5.26. The predicted molar refractivity (Wildman–Crippen MR) is 78.6 cm³/mol. The number of aryl methyl sites for hydroxylation is 3. The second kappa shape index (κ2) is 7.29. The van der Waals surface area contributed by atoms with E-state index in [2.05, 4.69) is 38.2 Å². The summed E-state index contributed by atoms with van der Waals surface area (Å²) in [6, 6.07) is 4.46. The molecule has 0 saturated heterocycles. The van der Waals surface area contributed by atoms with Crippen LogP contribution in [0, 0.1) is 26.7 Å². The summed E-state index contributed by atoms with van der Waals surface area (Å²) >= 11 is 0. The Labute approximate surface area is 116 Å². The smallest absolute Gasteiger partial charge is 0.307 e. The zero-order chi connectivity index (χ0) is 14.4. The molecule has 1 rings (SSSR count). The van der Waals surface area contributed by atoms with E-state index in [0.717, 1.165) is 13.0 Å². The molecule has 0 amide bonds. The van der Waals surface area contributed by atoms with Crippen molar-refractivity contribution in [3.05, 3.63) is 34.4 Å². The van der Waals surface area contributed by atoms with E-state index < -0.39 is 5.97 Å². The van der Waals surface area contributed by atoms with Crippen molar-refractivity contribution >= 4 is 5.97 Å². The van der Waals surface area contributed by atoms with Gasteiger partial charge in [-0.25, -0.2) is 0 Å². The molecule has 0 aromatic heterocycles. The zero-order valence-corrected chi connectivity index (χ0v) is 12.4. The van der Waals surface area contributed by atoms with Gasteiger partial charge in [-0.15, -0.1) is 0 Å². The Morgan fingerprint density at radius 1 is 1.21 bits per heavy atom. The van der Waals surface area contributed by atoms with Gasteiger partial charge in [0.25, 0.3) is 0 Å². The molecule has 0 heterocycles. The van der Waals surface area contributed by atoms with Gasteiger partial charge in [-0.1, -0.05) is 19.1 Å². The Bertz CT molecular complexity index is 441. The van der Waals surface area contributed by atoms with Gasteiger partial charge in [0.15, 0.2) is 0 Å². The first-order valence-electron chi connectivity index (χ1n) is 6.96. The summed E-state index contributed by atoms with van der Waals surface area (Å²) in [5, 5.41) is 12.2. The second-order valence-electron chi connectivity index (χ2n) is 5.26. The summed E-state index contributed by atoms with van der Waals surface area (Å²) in [5.41, 5.74) is 5.30. The van der Waals surface area contributed by atoms with Crippen molar-refractivity contribution < 1.29 is 9.90 Å². The van der Waals surface area contributed by atoms with Crippen LogP contribution in [0.5, 0.6) is 0 Å². The monoisotopic (exact) mass is 263 g/mol. The first-order valence-corrected chi connectivity index (χ1v) is 6.96. The van der Waals surface area contributed by atoms with E-state index in [-0.39, 0.29) is 5.92 Å². The highest BCUT2D eigenvalue weighted by Gasteiger charge is 2.13. The summed E-state index contributed by atoms with van der Waals surface area (Å²) in [5.74, 6) is -0.988. The summed E-state index contributed by atoms with van der Waals surface area (Å²) in [6.07, 6.45) is 1.62. The topological polar surface area (TPSA) is 49.3 Å². The van der Waals surface area contributed by atoms with Crippen LogP contribution in [0.3, 0.4) is 0 Å². The minimum Gasteiger partial charge on any atom is -0.481 e. The molecular formula is C16H25NO2. The average Bonchev–Trinajstić information content (AvgIpc) is 2.34. The summed E-state index contributed by atoms with van der Waals surface area (Å²) < 4.78 is 0. The predicted octanol–water partition coefficient (Wildman–Crippen LogP) is 2.85. The van der Waals surface area contributed by atoms with Crippen molar-refractivity contribution in [2.45, 2.75) is 40.5 Å². The molecule has 1 aromatic rings. The molecule has 106 valence electrons. The van der Waals surface area contributed by atoms with Crippen LogP contribution in [-0.2, 0) is 11.2 Å². The Kier molecular flexibility index (Phi) is 6.03. The van der Waals surface area contributed by atoms with E-state index in [0.29, 0.717) is 13.0 Å². The maximum atomic E-state index is 10.9. The van der Waals surface area contributed by atoms with Gasteiger partial charge < -0.3 is 10.4 Å². The van der Waals surface area contributed by atoms with Crippen molar-refractivity contribution in [1.82, 2.24) is 5.32 Å². The lowest BCUT2D eigenvalue weighted by Crippen LogP contribution is -2.29. The third-order valence-electron chi connectivity index (χ3n) is 3.76. The van der Waals surface area contributed by atoms with E-state index >= 15 is 0 Å². The lowest BCUT2D eigenvalue weighted by Gasteiger charge is -2.13. The van der Waals surface area contributed by atoms with Crippen molar-refractivity contribution in [2.24, 2.45) is 5.92 Å². The van der Waals surface area contributed by atoms with Crippen molar-refractivity contribution in [2.75, 3.05) is 13.1 Å². The molecule has 19 heavy (non-hydrogen) atoms. The number of carbonyl (C=O) groups is 1. The number of rotatable bonds is 7. The highest BCUT2D eigenvalue weighted by atomic mass is 16.4. The van der Waals surface area contributed by atoms with Crippen LogP contribution in [0.25, 0.3) is 0 Å². The van der Waals surface area contributed by atoms with Gasteiger partial charge in [-0.05, 0) is 62.4 Å². The minimum absolute atomic E-state index is 0.277. The number of nitrogens with one attached hydrogen (secondary N) is 1. The van der Waals surface area contributed by atoms with Crippen LogP contribution in [-0.4, -0.2) is 24.2 Å². The van der Waals surface area contributed by atoms with Gasteiger partial charge >= 0.3 is 5.97 Å². The van der Waals surface area contributed by atoms with Crippen LogP contribution in [0.15, 0.2) is 12.1 Å².